The molecular weight excluding hydrogens is 388 g/mol. The zero-order chi connectivity index (χ0) is 19.0. The van der Waals surface area contributed by atoms with Crippen molar-refractivity contribution >= 4 is 27.3 Å². The highest BCUT2D eigenvalue weighted by Crippen LogP contribution is 2.33. The van der Waals surface area contributed by atoms with Gasteiger partial charge < -0.3 is 14.4 Å². The summed E-state index contributed by atoms with van der Waals surface area (Å²) in [4.78, 5) is 15.7. The molecule has 2 aromatic rings. The molecule has 3 heterocycles. The fraction of sp³-hybridized carbons (Fsp3) is 0.389. The summed E-state index contributed by atoms with van der Waals surface area (Å²) in [5, 5.41) is 2.02. The third kappa shape index (κ3) is 3.54. The quantitative estimate of drug-likeness (QED) is 0.770. The zero-order valence-electron chi connectivity index (χ0n) is 14.9. The molecule has 0 N–H and O–H groups in total. The molecule has 1 aromatic heterocycles. The number of hydrogen-bond acceptors (Lipinski definition) is 6. The van der Waals surface area contributed by atoms with E-state index in [0.29, 0.717) is 37.8 Å². The maximum atomic E-state index is 12.9. The van der Waals surface area contributed by atoms with Crippen molar-refractivity contribution in [3.05, 3.63) is 40.1 Å². The Bertz CT molecular complexity index is 970. The highest BCUT2D eigenvalue weighted by atomic mass is 32.2. The SMILES string of the molecule is CN(CC(=O)N1CCc2sccc2C1)S(=O)(=O)c1ccc2c(c1)OCCO2. The number of thiophene rings is 1. The summed E-state index contributed by atoms with van der Waals surface area (Å²) in [6.45, 7) is 1.77. The molecule has 0 spiro atoms. The van der Waals surface area contributed by atoms with Gasteiger partial charge >= 0.3 is 0 Å². The topological polar surface area (TPSA) is 76.2 Å². The molecule has 2 aliphatic rings. The summed E-state index contributed by atoms with van der Waals surface area (Å²) in [7, 11) is -2.38. The van der Waals surface area contributed by atoms with Gasteiger partial charge in [0, 0.05) is 31.1 Å². The Labute approximate surface area is 162 Å². The van der Waals surface area contributed by atoms with Gasteiger partial charge in [0.2, 0.25) is 15.9 Å². The minimum atomic E-state index is -3.80. The standard InChI is InChI=1S/C18H20N2O5S2/c1-19(12-18(21)20-6-4-17-13(11-20)5-9-26-17)27(22,23)14-2-3-15-16(10-14)25-8-7-24-15/h2-3,5,9-10H,4,6-8,11-12H2,1H3. The number of nitrogens with zero attached hydrogens (tertiary/aromatic N) is 2. The van der Waals surface area contributed by atoms with Gasteiger partial charge in [-0.1, -0.05) is 0 Å². The maximum absolute atomic E-state index is 12.9. The van der Waals surface area contributed by atoms with Crippen molar-refractivity contribution in [3.8, 4) is 11.5 Å². The van der Waals surface area contributed by atoms with Crippen LogP contribution in [0.3, 0.4) is 0 Å². The number of rotatable bonds is 4. The summed E-state index contributed by atoms with van der Waals surface area (Å²) in [6.07, 6.45) is 0.817. The molecule has 9 heteroatoms. The summed E-state index contributed by atoms with van der Waals surface area (Å²) < 4.78 is 37.7. The van der Waals surface area contributed by atoms with Gasteiger partial charge in [-0.25, -0.2) is 8.42 Å². The predicted octanol–water partition coefficient (Wildman–Crippen LogP) is 1.72. The van der Waals surface area contributed by atoms with Gasteiger partial charge in [-0.15, -0.1) is 11.3 Å². The molecule has 4 rings (SSSR count). The molecular formula is C18H20N2O5S2. The third-order valence-electron chi connectivity index (χ3n) is 4.74. The van der Waals surface area contributed by atoms with Crippen LogP contribution in [-0.4, -0.2) is 56.9 Å². The number of hydrogen-bond donors (Lipinski definition) is 0. The van der Waals surface area contributed by atoms with Crippen molar-refractivity contribution in [1.82, 2.24) is 9.21 Å². The zero-order valence-corrected chi connectivity index (χ0v) is 16.5. The average molecular weight is 409 g/mol. The van der Waals surface area contributed by atoms with Crippen molar-refractivity contribution in [2.45, 2.75) is 17.9 Å². The van der Waals surface area contributed by atoms with E-state index in [9.17, 15) is 13.2 Å². The number of sulfonamides is 1. The lowest BCUT2D eigenvalue weighted by Crippen LogP contribution is -2.43. The van der Waals surface area contributed by atoms with E-state index in [1.54, 1.807) is 22.3 Å². The Morgan fingerprint density at radius 2 is 2.00 bits per heavy atom. The van der Waals surface area contributed by atoms with Gasteiger partial charge in [0.15, 0.2) is 11.5 Å². The lowest BCUT2D eigenvalue weighted by atomic mass is 10.1. The molecule has 0 saturated heterocycles. The Morgan fingerprint density at radius 1 is 1.22 bits per heavy atom. The number of carbonyl (C=O) groups is 1. The number of likely N-dealkylation sites (N-methyl/N-ethyl adjacent to an activating group) is 1. The largest absolute Gasteiger partial charge is 0.486 e. The van der Waals surface area contributed by atoms with Crippen LogP contribution in [0.2, 0.25) is 0 Å². The fourth-order valence-corrected chi connectivity index (χ4v) is 5.23. The second-order valence-corrected chi connectivity index (χ2v) is 9.55. The Hall–Kier alpha value is -2.10. The second-order valence-electron chi connectivity index (χ2n) is 6.50. The van der Waals surface area contributed by atoms with Crippen LogP contribution in [0.15, 0.2) is 34.5 Å². The first kappa shape index (κ1) is 18.3. The van der Waals surface area contributed by atoms with Crippen LogP contribution >= 0.6 is 11.3 Å². The number of fused-ring (bicyclic) bond motifs is 2. The molecule has 1 amide bonds. The molecule has 0 unspecified atom stereocenters. The van der Waals surface area contributed by atoms with E-state index < -0.39 is 10.0 Å². The third-order valence-corrected chi connectivity index (χ3v) is 7.56. The molecule has 0 fully saturated rings. The first-order valence-corrected chi connectivity index (χ1v) is 11.0. The first-order valence-electron chi connectivity index (χ1n) is 8.64. The summed E-state index contributed by atoms with van der Waals surface area (Å²) >= 11 is 1.70. The molecule has 7 nitrogen and oxygen atoms in total. The molecule has 0 aliphatic carbocycles. The van der Waals surface area contributed by atoms with Crippen LogP contribution in [0.1, 0.15) is 10.4 Å². The van der Waals surface area contributed by atoms with E-state index in [1.165, 1.54) is 24.1 Å². The van der Waals surface area contributed by atoms with E-state index in [0.717, 1.165) is 16.3 Å². The molecule has 1 aromatic carbocycles. The number of amides is 1. The molecule has 0 radical (unpaired) electrons. The number of ether oxygens (including phenoxy) is 2. The van der Waals surface area contributed by atoms with E-state index in [2.05, 4.69) is 0 Å². The van der Waals surface area contributed by atoms with Crippen LogP contribution in [0.5, 0.6) is 11.5 Å². The second kappa shape index (κ2) is 7.14. The van der Waals surface area contributed by atoms with Crippen molar-refractivity contribution in [2.75, 3.05) is 33.4 Å². The van der Waals surface area contributed by atoms with Crippen molar-refractivity contribution < 1.29 is 22.7 Å². The first-order chi connectivity index (χ1) is 12.9. The lowest BCUT2D eigenvalue weighted by molar-refractivity contribution is -0.132. The Kier molecular flexibility index (Phi) is 4.83. The highest BCUT2D eigenvalue weighted by molar-refractivity contribution is 7.89. The maximum Gasteiger partial charge on any atom is 0.243 e. The molecule has 0 atom stereocenters. The fourth-order valence-electron chi connectivity index (χ4n) is 3.20. The minimum absolute atomic E-state index is 0.0841. The van der Waals surface area contributed by atoms with Gasteiger partial charge in [-0.05, 0) is 35.6 Å². The van der Waals surface area contributed by atoms with Crippen LogP contribution in [0.25, 0.3) is 0 Å². The summed E-state index contributed by atoms with van der Waals surface area (Å²) in [5.74, 6) is 0.734. The van der Waals surface area contributed by atoms with Crippen LogP contribution in [0, 0.1) is 0 Å². The average Bonchev–Trinajstić information content (AvgIpc) is 3.15. The number of benzene rings is 1. The van der Waals surface area contributed by atoms with Crippen molar-refractivity contribution in [2.24, 2.45) is 0 Å². The Balaban J connectivity index is 1.47. The van der Waals surface area contributed by atoms with Gasteiger partial charge in [0.25, 0.3) is 0 Å². The molecule has 27 heavy (non-hydrogen) atoms. The molecule has 144 valence electrons. The van der Waals surface area contributed by atoms with E-state index >= 15 is 0 Å². The van der Waals surface area contributed by atoms with Gasteiger partial charge in [-0.3, -0.25) is 4.79 Å². The normalized spacial score (nSPS) is 16.3. The van der Waals surface area contributed by atoms with E-state index in [1.807, 2.05) is 11.4 Å². The van der Waals surface area contributed by atoms with Gasteiger partial charge in [0.05, 0.1) is 11.4 Å². The minimum Gasteiger partial charge on any atom is -0.486 e. The molecule has 2 aliphatic heterocycles. The smallest absolute Gasteiger partial charge is 0.243 e. The van der Waals surface area contributed by atoms with Crippen molar-refractivity contribution in [3.63, 3.8) is 0 Å². The predicted molar refractivity (Wildman–Crippen MR) is 101 cm³/mol. The van der Waals surface area contributed by atoms with Crippen LogP contribution in [0.4, 0.5) is 0 Å². The summed E-state index contributed by atoms with van der Waals surface area (Å²) in [6, 6.07) is 6.53. The van der Waals surface area contributed by atoms with Gasteiger partial charge in [0.1, 0.15) is 13.2 Å². The lowest BCUT2D eigenvalue weighted by Gasteiger charge is -2.29. The van der Waals surface area contributed by atoms with Crippen LogP contribution < -0.4 is 9.47 Å². The van der Waals surface area contributed by atoms with E-state index in [4.69, 9.17) is 9.47 Å². The summed E-state index contributed by atoms with van der Waals surface area (Å²) in [5.41, 5.74) is 1.15. The molecule has 0 saturated carbocycles. The van der Waals surface area contributed by atoms with Crippen LogP contribution in [-0.2, 0) is 27.8 Å². The van der Waals surface area contributed by atoms with Crippen molar-refractivity contribution in [1.29, 1.82) is 0 Å². The molecule has 0 bridgehead atoms. The highest BCUT2D eigenvalue weighted by Gasteiger charge is 2.28. The monoisotopic (exact) mass is 408 g/mol. The van der Waals surface area contributed by atoms with E-state index in [-0.39, 0.29) is 17.3 Å². The Morgan fingerprint density at radius 3 is 2.81 bits per heavy atom. The van der Waals surface area contributed by atoms with Gasteiger partial charge in [-0.2, -0.15) is 4.31 Å². The number of carbonyl (C=O) groups excluding carboxylic acids is 1.